The van der Waals surface area contributed by atoms with Gasteiger partial charge in [0.25, 0.3) is 0 Å². The number of nitrogens with one attached hydrogen (secondary N) is 2. The lowest BCUT2D eigenvalue weighted by atomic mass is 10.1. The largest absolute Gasteiger partial charge is 0.395 e. The molecular formula is C19H24ClN5OS. The van der Waals surface area contributed by atoms with Gasteiger partial charge in [0.2, 0.25) is 0 Å². The Morgan fingerprint density at radius 3 is 2.78 bits per heavy atom. The molecule has 2 heterocycles. The van der Waals surface area contributed by atoms with Gasteiger partial charge >= 0.3 is 0 Å². The molecule has 4 rings (SSSR count). The minimum atomic E-state index is 0. The summed E-state index contributed by atoms with van der Waals surface area (Å²) in [5.41, 5.74) is 10.3. The molecule has 0 atom stereocenters. The minimum absolute atomic E-state index is 0. The van der Waals surface area contributed by atoms with Gasteiger partial charge in [-0.2, -0.15) is 5.10 Å². The van der Waals surface area contributed by atoms with Crippen LogP contribution in [0.25, 0.3) is 22.2 Å². The van der Waals surface area contributed by atoms with E-state index < -0.39 is 0 Å². The number of nitrogens with two attached hydrogens (primary N) is 1. The van der Waals surface area contributed by atoms with Crippen LogP contribution in [0.5, 0.6) is 0 Å². The number of nitrogens with zero attached hydrogens (tertiary/aromatic N) is 2. The smallest absolute Gasteiger partial charge is 0.103 e. The molecule has 0 saturated carbocycles. The molecule has 0 bridgehead atoms. The molecule has 1 aliphatic rings. The zero-order chi connectivity index (χ0) is 17.9. The lowest BCUT2D eigenvalue weighted by molar-refractivity contribution is 0.293. The van der Waals surface area contributed by atoms with Gasteiger partial charge < -0.3 is 21.5 Å². The number of hydrogen-bond donors (Lipinski definition) is 4. The van der Waals surface area contributed by atoms with Crippen molar-refractivity contribution >= 4 is 40.8 Å². The summed E-state index contributed by atoms with van der Waals surface area (Å²) in [7, 11) is 0. The first-order valence-corrected chi connectivity index (χ1v) is 9.71. The average molecular weight is 406 g/mol. The van der Waals surface area contributed by atoms with Crippen LogP contribution in [-0.2, 0) is 6.54 Å². The molecule has 6 nitrogen and oxygen atoms in total. The number of fused-ring (bicyclic) bond motifs is 2. The topological polar surface area (TPSA) is 88.1 Å². The summed E-state index contributed by atoms with van der Waals surface area (Å²) >= 11 is 1.79. The monoisotopic (exact) mass is 405 g/mol. The van der Waals surface area contributed by atoms with Crippen LogP contribution in [0.3, 0.4) is 0 Å². The summed E-state index contributed by atoms with van der Waals surface area (Å²) in [4.78, 5) is 2.45. The fourth-order valence-electron chi connectivity index (χ4n) is 3.32. The Hall–Kier alpha value is -1.77. The predicted octanol–water partition coefficient (Wildman–Crippen LogP) is 2.54. The molecule has 8 heteroatoms. The molecule has 1 aliphatic heterocycles. The fraction of sp³-hybridized carbons (Fsp3) is 0.316. The van der Waals surface area contributed by atoms with Crippen molar-refractivity contribution < 1.29 is 5.11 Å². The first-order chi connectivity index (χ1) is 12.8. The third kappa shape index (κ3) is 3.79. The molecule has 5 N–H and O–H groups in total. The van der Waals surface area contributed by atoms with Crippen LogP contribution >= 0.6 is 24.2 Å². The summed E-state index contributed by atoms with van der Waals surface area (Å²) in [5.74, 6) is 0. The van der Waals surface area contributed by atoms with E-state index in [1.807, 2.05) is 4.68 Å². The number of hydrogen-bond acceptors (Lipinski definition) is 6. The Kier molecular flexibility index (Phi) is 6.62. The van der Waals surface area contributed by atoms with Gasteiger partial charge in [0, 0.05) is 52.6 Å². The van der Waals surface area contributed by atoms with E-state index in [2.05, 4.69) is 47.0 Å². The van der Waals surface area contributed by atoms with Crippen molar-refractivity contribution in [2.45, 2.75) is 16.3 Å². The second-order valence-electron chi connectivity index (χ2n) is 6.20. The molecule has 0 spiro atoms. The van der Waals surface area contributed by atoms with Gasteiger partial charge in [-0.05, 0) is 18.2 Å². The molecule has 0 unspecified atom stereocenters. The van der Waals surface area contributed by atoms with E-state index in [4.69, 9.17) is 15.9 Å². The molecule has 0 saturated heterocycles. The fourth-order valence-corrected chi connectivity index (χ4v) is 4.51. The SMILES string of the molecule is Cl.NCCn1nc2c3c(c(NCCNCCO)ccc31)Sc1ccccc1-2. The zero-order valence-electron chi connectivity index (χ0n) is 14.9. The summed E-state index contributed by atoms with van der Waals surface area (Å²) in [6, 6.07) is 12.7. The van der Waals surface area contributed by atoms with Crippen molar-refractivity contribution in [3.63, 3.8) is 0 Å². The predicted molar refractivity (Wildman–Crippen MR) is 114 cm³/mol. The second-order valence-corrected chi connectivity index (χ2v) is 7.25. The Morgan fingerprint density at radius 1 is 1.11 bits per heavy atom. The maximum absolute atomic E-state index is 8.86. The van der Waals surface area contributed by atoms with Crippen LogP contribution in [-0.4, -0.2) is 47.7 Å². The Bertz CT molecular complexity index is 930. The van der Waals surface area contributed by atoms with Crippen molar-refractivity contribution in [1.82, 2.24) is 15.1 Å². The summed E-state index contributed by atoms with van der Waals surface area (Å²) in [6.45, 7) is 3.66. The van der Waals surface area contributed by atoms with E-state index in [0.29, 0.717) is 19.6 Å². The molecule has 144 valence electrons. The van der Waals surface area contributed by atoms with Gasteiger partial charge in [0.15, 0.2) is 0 Å². The molecule has 0 fully saturated rings. The van der Waals surface area contributed by atoms with Crippen molar-refractivity contribution in [1.29, 1.82) is 0 Å². The average Bonchev–Trinajstić information content (AvgIpc) is 3.03. The van der Waals surface area contributed by atoms with Gasteiger partial charge in [-0.1, -0.05) is 30.0 Å². The van der Waals surface area contributed by atoms with E-state index >= 15 is 0 Å². The van der Waals surface area contributed by atoms with Gasteiger partial charge in [-0.25, -0.2) is 0 Å². The minimum Gasteiger partial charge on any atom is -0.395 e. The first kappa shape index (κ1) is 20.0. The van der Waals surface area contributed by atoms with Crippen LogP contribution in [0.15, 0.2) is 46.2 Å². The molecule has 0 radical (unpaired) electrons. The van der Waals surface area contributed by atoms with Crippen LogP contribution in [0.4, 0.5) is 5.69 Å². The summed E-state index contributed by atoms with van der Waals surface area (Å²) < 4.78 is 2.02. The van der Waals surface area contributed by atoms with Crippen molar-refractivity contribution in [2.75, 3.05) is 38.1 Å². The molecule has 3 aromatic rings. The lowest BCUT2D eigenvalue weighted by Gasteiger charge is -2.19. The number of aromatic nitrogens is 2. The van der Waals surface area contributed by atoms with Crippen molar-refractivity contribution in [2.24, 2.45) is 5.73 Å². The highest BCUT2D eigenvalue weighted by Gasteiger charge is 2.25. The number of aliphatic hydroxyl groups excluding tert-OH is 1. The maximum Gasteiger partial charge on any atom is 0.103 e. The third-order valence-electron chi connectivity index (χ3n) is 4.47. The standard InChI is InChI=1S/C19H23N5OS.ClH/c20-7-11-24-15-6-5-14(22-9-8-21-10-12-25)19-17(15)18(23-24)13-3-1-2-4-16(13)26-19;/h1-6,21-22,25H,7-12,20H2;1H. The maximum atomic E-state index is 8.86. The third-order valence-corrected chi connectivity index (χ3v) is 5.68. The van der Waals surface area contributed by atoms with Crippen LogP contribution in [0, 0.1) is 0 Å². The molecule has 27 heavy (non-hydrogen) atoms. The van der Waals surface area contributed by atoms with E-state index in [1.165, 1.54) is 20.7 Å². The summed E-state index contributed by atoms with van der Waals surface area (Å²) in [5, 5.41) is 21.6. The number of aliphatic hydroxyl groups is 1. The van der Waals surface area contributed by atoms with Crippen molar-refractivity contribution in [3.8, 4) is 11.3 Å². The lowest BCUT2D eigenvalue weighted by Crippen LogP contribution is -2.25. The number of halogens is 1. The molecule has 0 aliphatic carbocycles. The molecule has 0 amide bonds. The highest BCUT2D eigenvalue weighted by Crippen LogP contribution is 2.50. The molecule has 2 aromatic carbocycles. The van der Waals surface area contributed by atoms with Gasteiger partial charge in [-0.3, -0.25) is 4.68 Å². The van der Waals surface area contributed by atoms with Crippen molar-refractivity contribution in [3.05, 3.63) is 36.4 Å². The van der Waals surface area contributed by atoms with Crippen LogP contribution in [0.2, 0.25) is 0 Å². The normalized spacial score (nSPS) is 11.9. The number of benzene rings is 2. The van der Waals surface area contributed by atoms with Gasteiger partial charge in [0.05, 0.1) is 18.7 Å². The number of anilines is 1. The second kappa shape index (κ2) is 8.95. The highest BCUT2D eigenvalue weighted by molar-refractivity contribution is 8.00. The van der Waals surface area contributed by atoms with E-state index in [9.17, 15) is 0 Å². The Labute approximate surface area is 168 Å². The quantitative estimate of drug-likeness (QED) is 0.337. The van der Waals surface area contributed by atoms with Crippen LogP contribution in [0.1, 0.15) is 0 Å². The first-order valence-electron chi connectivity index (χ1n) is 8.89. The van der Waals surface area contributed by atoms with E-state index in [0.717, 1.165) is 30.0 Å². The van der Waals surface area contributed by atoms with Crippen LogP contribution < -0.4 is 16.4 Å². The highest BCUT2D eigenvalue weighted by atomic mass is 35.5. The number of rotatable bonds is 8. The zero-order valence-corrected chi connectivity index (χ0v) is 16.6. The molecule has 1 aromatic heterocycles. The molecular weight excluding hydrogens is 382 g/mol. The van der Waals surface area contributed by atoms with Gasteiger partial charge in [0.1, 0.15) is 5.69 Å². The van der Waals surface area contributed by atoms with E-state index in [1.54, 1.807) is 11.8 Å². The Morgan fingerprint density at radius 2 is 1.96 bits per heavy atom. The Balaban J connectivity index is 0.00000210. The summed E-state index contributed by atoms with van der Waals surface area (Å²) in [6.07, 6.45) is 0. The van der Waals surface area contributed by atoms with E-state index in [-0.39, 0.29) is 19.0 Å². The van der Waals surface area contributed by atoms with Gasteiger partial charge in [-0.15, -0.1) is 12.4 Å².